The summed E-state index contributed by atoms with van der Waals surface area (Å²) in [4.78, 5) is 0. The largest absolute Gasteiger partial charge is 0.367 e. The first-order valence-electron chi connectivity index (χ1n) is 7.87. The molecule has 2 N–H and O–H groups in total. The summed E-state index contributed by atoms with van der Waals surface area (Å²) in [6.45, 7) is 6.69. The molecule has 0 amide bonds. The van der Waals surface area contributed by atoms with Crippen molar-refractivity contribution >= 4 is 5.88 Å². The molecule has 1 aromatic carbocycles. The summed E-state index contributed by atoms with van der Waals surface area (Å²) in [7, 11) is 0. The Labute approximate surface area is 126 Å². The SMILES string of the molecule is CC(C)c1ccc(-c2c(C3(C)CCCC3)noc2N)cc1. The molecule has 112 valence electrons. The van der Waals surface area contributed by atoms with Gasteiger partial charge in [0.2, 0.25) is 5.88 Å². The van der Waals surface area contributed by atoms with Crippen molar-refractivity contribution in [3.05, 3.63) is 35.5 Å². The van der Waals surface area contributed by atoms with Gasteiger partial charge in [-0.2, -0.15) is 0 Å². The maximum atomic E-state index is 6.07. The van der Waals surface area contributed by atoms with Gasteiger partial charge in [0.25, 0.3) is 0 Å². The molecule has 2 aromatic rings. The predicted molar refractivity (Wildman–Crippen MR) is 86.3 cm³/mol. The third-order valence-electron chi connectivity index (χ3n) is 4.86. The van der Waals surface area contributed by atoms with Gasteiger partial charge in [-0.25, -0.2) is 0 Å². The Bertz CT molecular complexity index is 619. The lowest BCUT2D eigenvalue weighted by Crippen LogP contribution is -2.18. The van der Waals surface area contributed by atoms with Gasteiger partial charge in [0.1, 0.15) is 0 Å². The number of benzene rings is 1. The fourth-order valence-corrected chi connectivity index (χ4v) is 3.42. The van der Waals surface area contributed by atoms with Crippen molar-refractivity contribution in [1.29, 1.82) is 0 Å². The molecule has 0 radical (unpaired) electrons. The van der Waals surface area contributed by atoms with Crippen molar-refractivity contribution in [3.8, 4) is 11.1 Å². The van der Waals surface area contributed by atoms with E-state index in [0.717, 1.165) is 29.7 Å². The first kappa shape index (κ1) is 14.2. The zero-order chi connectivity index (χ0) is 15.0. The van der Waals surface area contributed by atoms with E-state index in [-0.39, 0.29) is 5.41 Å². The number of nitrogens with two attached hydrogens (primary N) is 1. The van der Waals surface area contributed by atoms with Gasteiger partial charge in [-0.15, -0.1) is 0 Å². The van der Waals surface area contributed by atoms with E-state index in [1.165, 1.54) is 18.4 Å². The van der Waals surface area contributed by atoms with Gasteiger partial charge in [-0.1, -0.05) is 63.0 Å². The second-order valence-corrected chi connectivity index (χ2v) is 6.81. The molecular formula is C18H24N2O. The fraction of sp³-hybridized carbons (Fsp3) is 0.500. The van der Waals surface area contributed by atoms with Gasteiger partial charge < -0.3 is 10.3 Å². The van der Waals surface area contributed by atoms with Crippen LogP contribution in [-0.2, 0) is 5.41 Å². The molecule has 1 aliphatic rings. The number of nitrogens with zero attached hydrogens (tertiary/aromatic N) is 1. The number of aromatic nitrogens is 1. The fourth-order valence-electron chi connectivity index (χ4n) is 3.42. The highest BCUT2D eigenvalue weighted by molar-refractivity contribution is 5.76. The van der Waals surface area contributed by atoms with Crippen molar-refractivity contribution in [2.24, 2.45) is 0 Å². The van der Waals surface area contributed by atoms with Crippen LogP contribution in [0.5, 0.6) is 0 Å². The monoisotopic (exact) mass is 284 g/mol. The molecule has 3 nitrogen and oxygen atoms in total. The van der Waals surface area contributed by atoms with Crippen molar-refractivity contribution in [1.82, 2.24) is 5.16 Å². The molecule has 3 rings (SSSR count). The summed E-state index contributed by atoms with van der Waals surface area (Å²) < 4.78 is 5.33. The van der Waals surface area contributed by atoms with E-state index >= 15 is 0 Å². The number of nitrogen functional groups attached to an aromatic ring is 1. The highest BCUT2D eigenvalue weighted by Gasteiger charge is 2.37. The molecule has 0 unspecified atom stereocenters. The third kappa shape index (κ3) is 2.45. The van der Waals surface area contributed by atoms with Gasteiger partial charge in [0, 0.05) is 5.41 Å². The molecule has 0 spiro atoms. The number of hydrogen-bond acceptors (Lipinski definition) is 3. The van der Waals surface area contributed by atoms with E-state index in [0.29, 0.717) is 11.8 Å². The van der Waals surface area contributed by atoms with Crippen LogP contribution in [0.15, 0.2) is 28.8 Å². The van der Waals surface area contributed by atoms with E-state index < -0.39 is 0 Å². The van der Waals surface area contributed by atoms with Crippen LogP contribution >= 0.6 is 0 Å². The summed E-state index contributed by atoms with van der Waals surface area (Å²) in [5.41, 5.74) is 10.7. The third-order valence-corrected chi connectivity index (χ3v) is 4.86. The van der Waals surface area contributed by atoms with E-state index in [2.05, 4.69) is 50.2 Å². The van der Waals surface area contributed by atoms with Gasteiger partial charge in [-0.3, -0.25) is 0 Å². The van der Waals surface area contributed by atoms with Crippen LogP contribution < -0.4 is 5.73 Å². The topological polar surface area (TPSA) is 52.0 Å². The Morgan fingerprint density at radius 1 is 1.14 bits per heavy atom. The molecule has 0 bridgehead atoms. The molecule has 0 atom stereocenters. The maximum absolute atomic E-state index is 6.07. The normalized spacial score (nSPS) is 17.5. The summed E-state index contributed by atoms with van der Waals surface area (Å²) >= 11 is 0. The van der Waals surface area contributed by atoms with Crippen LogP contribution in [0.25, 0.3) is 11.1 Å². The molecule has 1 fully saturated rings. The van der Waals surface area contributed by atoms with Crippen molar-refractivity contribution in [2.45, 2.75) is 57.8 Å². The second-order valence-electron chi connectivity index (χ2n) is 6.81. The lowest BCUT2D eigenvalue weighted by Gasteiger charge is -2.21. The minimum atomic E-state index is 0.104. The van der Waals surface area contributed by atoms with Crippen LogP contribution in [0, 0.1) is 0 Å². The van der Waals surface area contributed by atoms with Gasteiger partial charge >= 0.3 is 0 Å². The standard InChI is InChI=1S/C18H24N2O/c1-12(2)13-6-8-14(9-7-13)15-16(20-21-17(15)19)18(3)10-4-5-11-18/h6-9,12H,4-5,10-11,19H2,1-3H3. The second kappa shape index (κ2) is 5.21. The van der Waals surface area contributed by atoms with Crippen LogP contribution in [0.1, 0.15) is 63.6 Å². The Morgan fingerprint density at radius 3 is 2.33 bits per heavy atom. The number of rotatable bonds is 3. The quantitative estimate of drug-likeness (QED) is 0.874. The molecule has 0 saturated heterocycles. The lowest BCUT2D eigenvalue weighted by atomic mass is 9.81. The van der Waals surface area contributed by atoms with Gasteiger partial charge in [0.05, 0.1) is 11.3 Å². The van der Waals surface area contributed by atoms with Crippen LogP contribution in [0.2, 0.25) is 0 Å². The molecule has 1 aliphatic carbocycles. The van der Waals surface area contributed by atoms with E-state index in [1.54, 1.807) is 0 Å². The Balaban J connectivity index is 2.04. The highest BCUT2D eigenvalue weighted by Crippen LogP contribution is 2.45. The summed E-state index contributed by atoms with van der Waals surface area (Å²) in [5.74, 6) is 0.973. The summed E-state index contributed by atoms with van der Waals surface area (Å²) in [6, 6.07) is 8.63. The summed E-state index contributed by atoms with van der Waals surface area (Å²) in [6.07, 6.45) is 4.84. The first-order valence-corrected chi connectivity index (χ1v) is 7.87. The summed E-state index contributed by atoms with van der Waals surface area (Å²) in [5, 5.41) is 4.30. The lowest BCUT2D eigenvalue weighted by molar-refractivity contribution is 0.386. The van der Waals surface area contributed by atoms with Gasteiger partial charge in [0.15, 0.2) is 0 Å². The Kier molecular flexibility index (Phi) is 3.52. The maximum Gasteiger partial charge on any atom is 0.230 e. The number of hydrogen-bond donors (Lipinski definition) is 1. The van der Waals surface area contributed by atoms with E-state index in [9.17, 15) is 0 Å². The highest BCUT2D eigenvalue weighted by atomic mass is 16.5. The Hall–Kier alpha value is -1.77. The van der Waals surface area contributed by atoms with Gasteiger partial charge in [-0.05, 0) is 29.9 Å². The Morgan fingerprint density at radius 2 is 1.76 bits per heavy atom. The average Bonchev–Trinajstić information content (AvgIpc) is 3.06. The zero-order valence-corrected chi connectivity index (χ0v) is 13.1. The average molecular weight is 284 g/mol. The van der Waals surface area contributed by atoms with Crippen molar-refractivity contribution in [3.63, 3.8) is 0 Å². The molecule has 3 heteroatoms. The minimum Gasteiger partial charge on any atom is -0.367 e. The predicted octanol–water partition coefficient (Wildman–Crippen LogP) is 4.88. The van der Waals surface area contributed by atoms with Crippen LogP contribution in [0.4, 0.5) is 5.88 Å². The van der Waals surface area contributed by atoms with Crippen LogP contribution in [-0.4, -0.2) is 5.16 Å². The minimum absolute atomic E-state index is 0.104. The smallest absolute Gasteiger partial charge is 0.230 e. The molecule has 1 saturated carbocycles. The molecule has 1 heterocycles. The molecule has 21 heavy (non-hydrogen) atoms. The molecule has 0 aliphatic heterocycles. The zero-order valence-electron chi connectivity index (χ0n) is 13.1. The number of anilines is 1. The molecule has 1 aromatic heterocycles. The van der Waals surface area contributed by atoms with Crippen molar-refractivity contribution < 1.29 is 4.52 Å². The van der Waals surface area contributed by atoms with Crippen molar-refractivity contribution in [2.75, 3.05) is 5.73 Å². The first-order chi connectivity index (χ1) is 10.0. The van der Waals surface area contributed by atoms with E-state index in [1.807, 2.05) is 0 Å². The molecular weight excluding hydrogens is 260 g/mol. The van der Waals surface area contributed by atoms with Crippen LogP contribution in [0.3, 0.4) is 0 Å². The van der Waals surface area contributed by atoms with E-state index in [4.69, 9.17) is 10.3 Å².